The summed E-state index contributed by atoms with van der Waals surface area (Å²) < 4.78 is 10.2. The number of carbonyl (C=O) groups is 2. The van der Waals surface area contributed by atoms with Crippen molar-refractivity contribution in [3.8, 4) is 17.1 Å². The average molecular weight is 379 g/mol. The standard InChI is InChI=1S/C21H21N3O4/c1-13-14(2)23-20(22-13)15-7-9-16(10-8-15)21(26)28-12-19(25)24-17-5-4-6-18(11-17)27-3/h4-11H,12H2,1-3H3,(H,22,23)(H,24,25). The molecule has 7 nitrogen and oxygen atoms in total. The minimum Gasteiger partial charge on any atom is -0.497 e. The highest BCUT2D eigenvalue weighted by molar-refractivity contribution is 5.95. The largest absolute Gasteiger partial charge is 0.497 e. The monoisotopic (exact) mass is 379 g/mol. The Labute approximate surface area is 162 Å². The molecule has 1 amide bonds. The van der Waals surface area contributed by atoms with Crippen LogP contribution in [0.2, 0.25) is 0 Å². The lowest BCUT2D eigenvalue weighted by Crippen LogP contribution is -2.20. The second-order valence-corrected chi connectivity index (χ2v) is 6.23. The van der Waals surface area contributed by atoms with Crippen LogP contribution in [0, 0.1) is 13.8 Å². The van der Waals surface area contributed by atoms with Gasteiger partial charge < -0.3 is 19.8 Å². The van der Waals surface area contributed by atoms with Crippen molar-refractivity contribution in [1.29, 1.82) is 0 Å². The number of aromatic amines is 1. The molecule has 0 spiro atoms. The van der Waals surface area contributed by atoms with E-state index in [2.05, 4.69) is 15.3 Å². The Morgan fingerprint density at radius 3 is 2.50 bits per heavy atom. The summed E-state index contributed by atoms with van der Waals surface area (Å²) >= 11 is 0. The van der Waals surface area contributed by atoms with Gasteiger partial charge in [-0.05, 0) is 38.1 Å². The van der Waals surface area contributed by atoms with Crippen LogP contribution in [0.3, 0.4) is 0 Å². The van der Waals surface area contributed by atoms with Crippen molar-refractivity contribution >= 4 is 17.6 Å². The maximum absolute atomic E-state index is 12.2. The van der Waals surface area contributed by atoms with Crippen molar-refractivity contribution in [2.75, 3.05) is 19.0 Å². The van der Waals surface area contributed by atoms with Crippen LogP contribution < -0.4 is 10.1 Å². The number of esters is 1. The Hall–Kier alpha value is -3.61. The lowest BCUT2D eigenvalue weighted by atomic mass is 10.1. The molecule has 0 aliphatic rings. The van der Waals surface area contributed by atoms with Gasteiger partial charge in [-0.2, -0.15) is 0 Å². The fourth-order valence-corrected chi connectivity index (χ4v) is 2.56. The summed E-state index contributed by atoms with van der Waals surface area (Å²) in [5, 5.41) is 2.65. The first-order valence-electron chi connectivity index (χ1n) is 8.71. The third kappa shape index (κ3) is 4.56. The molecule has 2 aromatic carbocycles. The molecule has 144 valence electrons. The third-order valence-corrected chi connectivity index (χ3v) is 4.21. The van der Waals surface area contributed by atoms with Gasteiger partial charge in [-0.1, -0.05) is 18.2 Å². The van der Waals surface area contributed by atoms with E-state index in [1.807, 2.05) is 13.8 Å². The Bertz CT molecular complexity index is 974. The molecule has 3 rings (SSSR count). The van der Waals surface area contributed by atoms with E-state index in [9.17, 15) is 9.59 Å². The number of aryl methyl sites for hydroxylation is 2. The molecule has 0 aliphatic heterocycles. The third-order valence-electron chi connectivity index (χ3n) is 4.21. The molecule has 0 saturated carbocycles. The van der Waals surface area contributed by atoms with Crippen molar-refractivity contribution in [3.63, 3.8) is 0 Å². The molecule has 0 radical (unpaired) electrons. The number of nitrogens with zero attached hydrogens (tertiary/aromatic N) is 1. The first-order chi connectivity index (χ1) is 13.5. The minimum atomic E-state index is -0.570. The van der Waals surface area contributed by atoms with Crippen LogP contribution in [0.25, 0.3) is 11.4 Å². The molecule has 7 heteroatoms. The molecular formula is C21H21N3O4. The van der Waals surface area contributed by atoms with Gasteiger partial charge in [0, 0.05) is 23.0 Å². The number of anilines is 1. The number of imidazole rings is 1. The summed E-state index contributed by atoms with van der Waals surface area (Å²) in [5.41, 5.74) is 3.72. The fraction of sp³-hybridized carbons (Fsp3) is 0.190. The maximum Gasteiger partial charge on any atom is 0.338 e. The zero-order valence-electron chi connectivity index (χ0n) is 15.9. The van der Waals surface area contributed by atoms with E-state index in [1.165, 1.54) is 0 Å². The Morgan fingerprint density at radius 2 is 1.86 bits per heavy atom. The second kappa shape index (κ2) is 8.39. The molecule has 0 saturated heterocycles. The zero-order valence-corrected chi connectivity index (χ0v) is 15.9. The minimum absolute atomic E-state index is 0.359. The highest BCUT2D eigenvalue weighted by atomic mass is 16.5. The molecule has 0 unspecified atom stereocenters. The normalized spacial score (nSPS) is 10.4. The van der Waals surface area contributed by atoms with Gasteiger partial charge >= 0.3 is 5.97 Å². The van der Waals surface area contributed by atoms with E-state index in [0.29, 0.717) is 17.0 Å². The number of carbonyl (C=O) groups excluding carboxylic acids is 2. The summed E-state index contributed by atoms with van der Waals surface area (Å²) in [7, 11) is 1.54. The van der Waals surface area contributed by atoms with E-state index in [-0.39, 0.29) is 6.61 Å². The number of hydrogen-bond donors (Lipinski definition) is 2. The molecule has 1 aromatic heterocycles. The van der Waals surface area contributed by atoms with Gasteiger partial charge in [0.25, 0.3) is 5.91 Å². The van der Waals surface area contributed by atoms with Gasteiger partial charge in [0.2, 0.25) is 0 Å². The van der Waals surface area contributed by atoms with Crippen LogP contribution in [0.5, 0.6) is 5.75 Å². The first kappa shape index (κ1) is 19.2. The lowest BCUT2D eigenvalue weighted by molar-refractivity contribution is -0.119. The molecule has 3 aromatic rings. The average Bonchev–Trinajstić information content (AvgIpc) is 3.05. The summed E-state index contributed by atoms with van der Waals surface area (Å²) in [6, 6.07) is 13.8. The molecule has 2 N–H and O–H groups in total. The smallest absolute Gasteiger partial charge is 0.338 e. The lowest BCUT2D eigenvalue weighted by Gasteiger charge is -2.08. The molecule has 28 heavy (non-hydrogen) atoms. The number of methoxy groups -OCH3 is 1. The van der Waals surface area contributed by atoms with Gasteiger partial charge in [0.1, 0.15) is 11.6 Å². The van der Waals surface area contributed by atoms with Crippen LogP contribution in [0.4, 0.5) is 5.69 Å². The topological polar surface area (TPSA) is 93.3 Å². The van der Waals surface area contributed by atoms with Gasteiger partial charge in [-0.25, -0.2) is 9.78 Å². The number of amides is 1. The predicted octanol–water partition coefficient (Wildman–Crippen LogP) is 3.50. The van der Waals surface area contributed by atoms with Gasteiger partial charge in [0.05, 0.1) is 18.4 Å². The van der Waals surface area contributed by atoms with Crippen LogP contribution in [-0.2, 0) is 9.53 Å². The molecule has 1 heterocycles. The zero-order chi connectivity index (χ0) is 20.1. The second-order valence-electron chi connectivity index (χ2n) is 6.23. The Balaban J connectivity index is 1.56. The number of rotatable bonds is 6. The van der Waals surface area contributed by atoms with Crippen LogP contribution in [0.1, 0.15) is 21.7 Å². The Kier molecular flexibility index (Phi) is 5.74. The van der Waals surface area contributed by atoms with Crippen molar-refractivity contribution in [2.24, 2.45) is 0 Å². The summed E-state index contributed by atoms with van der Waals surface area (Å²) in [6.45, 7) is 3.50. The van der Waals surface area contributed by atoms with Crippen LogP contribution in [-0.4, -0.2) is 35.6 Å². The van der Waals surface area contributed by atoms with Crippen LogP contribution >= 0.6 is 0 Å². The van der Waals surface area contributed by atoms with E-state index in [4.69, 9.17) is 9.47 Å². The van der Waals surface area contributed by atoms with Crippen molar-refractivity contribution < 1.29 is 19.1 Å². The molecule has 0 atom stereocenters. The van der Waals surface area contributed by atoms with E-state index in [1.54, 1.807) is 55.6 Å². The highest BCUT2D eigenvalue weighted by Gasteiger charge is 2.12. The van der Waals surface area contributed by atoms with Crippen molar-refractivity contribution in [3.05, 3.63) is 65.5 Å². The van der Waals surface area contributed by atoms with Gasteiger partial charge in [-0.3, -0.25) is 4.79 Å². The highest BCUT2D eigenvalue weighted by Crippen LogP contribution is 2.19. The summed E-state index contributed by atoms with van der Waals surface area (Å²) in [6.07, 6.45) is 0. The van der Waals surface area contributed by atoms with E-state index >= 15 is 0 Å². The van der Waals surface area contributed by atoms with Gasteiger partial charge in [0.15, 0.2) is 6.61 Å². The molecule has 0 bridgehead atoms. The SMILES string of the molecule is COc1cccc(NC(=O)COC(=O)c2ccc(-c3nc(C)c(C)[nH]3)cc2)c1. The quantitative estimate of drug-likeness (QED) is 0.640. The number of nitrogens with one attached hydrogen (secondary N) is 2. The number of ether oxygens (including phenoxy) is 2. The summed E-state index contributed by atoms with van der Waals surface area (Å²) in [4.78, 5) is 31.8. The van der Waals surface area contributed by atoms with Crippen molar-refractivity contribution in [2.45, 2.75) is 13.8 Å². The van der Waals surface area contributed by atoms with E-state index in [0.717, 1.165) is 22.8 Å². The van der Waals surface area contributed by atoms with Gasteiger partial charge in [-0.15, -0.1) is 0 Å². The van der Waals surface area contributed by atoms with Crippen molar-refractivity contribution in [1.82, 2.24) is 9.97 Å². The molecular weight excluding hydrogens is 358 g/mol. The number of H-pyrrole nitrogens is 1. The molecule has 0 fully saturated rings. The molecule has 0 aliphatic carbocycles. The number of hydrogen-bond acceptors (Lipinski definition) is 5. The first-order valence-corrected chi connectivity index (χ1v) is 8.71. The van der Waals surface area contributed by atoms with E-state index < -0.39 is 11.9 Å². The fourth-order valence-electron chi connectivity index (χ4n) is 2.56. The Morgan fingerprint density at radius 1 is 1.11 bits per heavy atom. The number of benzene rings is 2. The predicted molar refractivity (Wildman–Crippen MR) is 105 cm³/mol. The van der Waals surface area contributed by atoms with Crippen LogP contribution in [0.15, 0.2) is 48.5 Å². The maximum atomic E-state index is 12.2. The summed E-state index contributed by atoms with van der Waals surface area (Å²) in [5.74, 6) is 0.364. The number of aromatic nitrogens is 2.